The lowest BCUT2D eigenvalue weighted by molar-refractivity contribution is -0.140. The first-order valence-corrected chi connectivity index (χ1v) is 12.1. The molecular formula is C26H43N3O4. The highest BCUT2D eigenvalue weighted by atomic mass is 16.6. The lowest BCUT2D eigenvalue weighted by atomic mass is 10.0. The Labute approximate surface area is 199 Å². The third-order valence-corrected chi connectivity index (χ3v) is 4.99. The van der Waals surface area contributed by atoms with E-state index in [1.54, 1.807) is 25.7 Å². The number of amides is 3. The molecule has 1 rings (SSSR count). The summed E-state index contributed by atoms with van der Waals surface area (Å²) >= 11 is 0. The molecule has 186 valence electrons. The molecule has 0 saturated carbocycles. The Hall–Kier alpha value is -2.57. The van der Waals surface area contributed by atoms with Gasteiger partial charge in [0, 0.05) is 12.6 Å². The number of nitrogens with one attached hydrogen (secondary N) is 2. The van der Waals surface area contributed by atoms with E-state index >= 15 is 0 Å². The van der Waals surface area contributed by atoms with E-state index in [0.29, 0.717) is 6.54 Å². The zero-order valence-electron chi connectivity index (χ0n) is 21.5. The van der Waals surface area contributed by atoms with Gasteiger partial charge in [-0.25, -0.2) is 4.79 Å². The van der Waals surface area contributed by atoms with Crippen LogP contribution in [0.2, 0.25) is 0 Å². The molecule has 1 atom stereocenters. The molecule has 2 N–H and O–H groups in total. The minimum atomic E-state index is -0.771. The monoisotopic (exact) mass is 461 g/mol. The van der Waals surface area contributed by atoms with Gasteiger partial charge in [-0.1, -0.05) is 62.4 Å². The number of rotatable bonds is 12. The highest BCUT2D eigenvalue weighted by molar-refractivity contribution is 5.90. The minimum absolute atomic E-state index is 0.0631. The molecule has 0 aliphatic rings. The second kappa shape index (κ2) is 13.9. The van der Waals surface area contributed by atoms with Crippen LogP contribution < -0.4 is 10.6 Å². The molecule has 7 heteroatoms. The zero-order valence-corrected chi connectivity index (χ0v) is 21.5. The van der Waals surface area contributed by atoms with E-state index in [0.717, 1.165) is 43.2 Å². The molecular weight excluding hydrogens is 418 g/mol. The fourth-order valence-corrected chi connectivity index (χ4v) is 3.43. The van der Waals surface area contributed by atoms with Crippen molar-refractivity contribution in [2.24, 2.45) is 0 Å². The number of nitrogens with zero attached hydrogens (tertiary/aromatic N) is 1. The third-order valence-electron chi connectivity index (χ3n) is 4.99. The molecule has 0 aromatic heterocycles. The van der Waals surface area contributed by atoms with Gasteiger partial charge in [-0.05, 0) is 53.5 Å². The molecule has 0 bridgehead atoms. The second-order valence-electron chi connectivity index (χ2n) is 9.83. The molecule has 1 aromatic carbocycles. The van der Waals surface area contributed by atoms with Crippen molar-refractivity contribution >= 4 is 17.9 Å². The van der Waals surface area contributed by atoms with E-state index in [4.69, 9.17) is 4.74 Å². The summed E-state index contributed by atoms with van der Waals surface area (Å²) in [7, 11) is 0. The van der Waals surface area contributed by atoms with Gasteiger partial charge in [0.2, 0.25) is 11.8 Å². The summed E-state index contributed by atoms with van der Waals surface area (Å²) in [6.45, 7) is 13.4. The van der Waals surface area contributed by atoms with Crippen LogP contribution in [0, 0.1) is 6.92 Å². The number of unbranched alkanes of at least 4 members (excludes halogenated alkanes) is 4. The topological polar surface area (TPSA) is 87.7 Å². The molecule has 1 unspecified atom stereocenters. The number of aryl methyl sites for hydroxylation is 1. The van der Waals surface area contributed by atoms with Crippen molar-refractivity contribution < 1.29 is 19.1 Å². The highest BCUT2D eigenvalue weighted by Gasteiger charge is 2.31. The second-order valence-corrected chi connectivity index (χ2v) is 9.83. The molecule has 0 radical (unpaired) electrons. The summed E-state index contributed by atoms with van der Waals surface area (Å²) in [4.78, 5) is 40.2. The van der Waals surface area contributed by atoms with E-state index < -0.39 is 17.7 Å². The van der Waals surface area contributed by atoms with Gasteiger partial charge in [-0.3, -0.25) is 9.59 Å². The van der Waals surface area contributed by atoms with Crippen LogP contribution in [0.1, 0.15) is 90.8 Å². The summed E-state index contributed by atoms with van der Waals surface area (Å²) in [5.41, 5.74) is 1.16. The first kappa shape index (κ1) is 28.5. The van der Waals surface area contributed by atoms with Gasteiger partial charge in [0.1, 0.15) is 18.2 Å². The summed E-state index contributed by atoms with van der Waals surface area (Å²) < 4.78 is 5.25. The maximum absolute atomic E-state index is 13.3. The molecule has 7 nitrogen and oxygen atoms in total. The van der Waals surface area contributed by atoms with Crippen molar-refractivity contribution in [3.05, 3.63) is 35.4 Å². The Kier molecular flexibility index (Phi) is 12.0. The van der Waals surface area contributed by atoms with Crippen molar-refractivity contribution in [2.45, 2.75) is 98.3 Å². The molecule has 0 aliphatic carbocycles. The number of alkyl carbamates (subject to hydrolysis) is 1. The quantitative estimate of drug-likeness (QED) is 0.434. The van der Waals surface area contributed by atoms with Gasteiger partial charge in [0.25, 0.3) is 0 Å². The zero-order chi connectivity index (χ0) is 25.0. The van der Waals surface area contributed by atoms with Crippen molar-refractivity contribution in [3.8, 4) is 0 Å². The molecule has 3 amide bonds. The fraction of sp³-hybridized carbons (Fsp3) is 0.654. The van der Waals surface area contributed by atoms with E-state index in [2.05, 4.69) is 17.6 Å². The summed E-state index contributed by atoms with van der Waals surface area (Å²) in [6.07, 6.45) is 4.47. The van der Waals surface area contributed by atoms with Crippen LogP contribution in [0.15, 0.2) is 24.3 Å². The largest absolute Gasteiger partial charge is 0.444 e. The average molecular weight is 462 g/mol. The molecule has 0 spiro atoms. The van der Waals surface area contributed by atoms with Gasteiger partial charge < -0.3 is 20.3 Å². The number of benzene rings is 1. The van der Waals surface area contributed by atoms with Crippen LogP contribution >= 0.6 is 0 Å². The maximum atomic E-state index is 13.3. The van der Waals surface area contributed by atoms with Crippen molar-refractivity contribution in [1.29, 1.82) is 0 Å². The van der Waals surface area contributed by atoms with E-state index in [9.17, 15) is 14.4 Å². The Balaban J connectivity index is 3.12. The van der Waals surface area contributed by atoms with E-state index in [-0.39, 0.29) is 24.4 Å². The Morgan fingerprint density at radius 3 is 2.15 bits per heavy atom. The van der Waals surface area contributed by atoms with Crippen LogP contribution in [0.5, 0.6) is 0 Å². The van der Waals surface area contributed by atoms with E-state index in [1.165, 1.54) is 0 Å². The van der Waals surface area contributed by atoms with Gasteiger partial charge in [0.15, 0.2) is 0 Å². The smallest absolute Gasteiger partial charge is 0.408 e. The highest BCUT2D eigenvalue weighted by Crippen LogP contribution is 2.23. The SMILES string of the molecule is CCCCCCCN(C(=O)CNC(=O)OC(C)(C)C)C(C(=O)NC(C)C)c1ccc(C)cc1. The average Bonchev–Trinajstić information content (AvgIpc) is 2.70. The first-order chi connectivity index (χ1) is 15.4. The van der Waals surface area contributed by atoms with Crippen LogP contribution in [0.4, 0.5) is 4.79 Å². The lowest BCUT2D eigenvalue weighted by Crippen LogP contribution is -2.49. The summed E-state index contributed by atoms with van der Waals surface area (Å²) in [5.74, 6) is -0.547. The Morgan fingerprint density at radius 1 is 1.00 bits per heavy atom. The molecule has 0 aliphatic heterocycles. The van der Waals surface area contributed by atoms with Gasteiger partial charge in [-0.15, -0.1) is 0 Å². The number of ether oxygens (including phenoxy) is 1. The summed E-state index contributed by atoms with van der Waals surface area (Å²) in [6, 6.07) is 6.82. The molecule has 0 fully saturated rings. The number of hydrogen-bond donors (Lipinski definition) is 2. The number of hydrogen-bond acceptors (Lipinski definition) is 4. The van der Waals surface area contributed by atoms with Crippen molar-refractivity contribution in [2.75, 3.05) is 13.1 Å². The van der Waals surface area contributed by atoms with Crippen LogP contribution in [-0.4, -0.2) is 47.5 Å². The van der Waals surface area contributed by atoms with E-state index in [1.807, 2.05) is 45.0 Å². The fourth-order valence-electron chi connectivity index (χ4n) is 3.43. The van der Waals surface area contributed by atoms with Crippen molar-refractivity contribution in [3.63, 3.8) is 0 Å². The Morgan fingerprint density at radius 2 is 1.61 bits per heavy atom. The normalized spacial score (nSPS) is 12.2. The molecule has 0 heterocycles. The van der Waals surface area contributed by atoms with Crippen LogP contribution in [0.3, 0.4) is 0 Å². The van der Waals surface area contributed by atoms with Crippen LogP contribution in [0.25, 0.3) is 0 Å². The van der Waals surface area contributed by atoms with Gasteiger partial charge in [0.05, 0.1) is 0 Å². The molecule has 1 aromatic rings. The molecule has 33 heavy (non-hydrogen) atoms. The van der Waals surface area contributed by atoms with Gasteiger partial charge >= 0.3 is 6.09 Å². The predicted octanol–water partition coefficient (Wildman–Crippen LogP) is 4.88. The van der Waals surface area contributed by atoms with Crippen molar-refractivity contribution in [1.82, 2.24) is 15.5 Å². The minimum Gasteiger partial charge on any atom is -0.444 e. The first-order valence-electron chi connectivity index (χ1n) is 12.1. The van der Waals surface area contributed by atoms with Gasteiger partial charge in [-0.2, -0.15) is 0 Å². The standard InChI is InChI=1S/C26H43N3O4/c1-8-9-10-11-12-17-29(22(30)18-27-25(32)33-26(5,6)7)23(24(31)28-19(2)3)21-15-13-20(4)14-16-21/h13-16,19,23H,8-12,17-18H2,1-7H3,(H,27,32)(H,28,31). The third kappa shape index (κ3) is 11.2. The lowest BCUT2D eigenvalue weighted by Gasteiger charge is -2.32. The Bertz CT molecular complexity index is 754. The molecule has 0 saturated heterocycles. The van der Waals surface area contributed by atoms with Crippen LogP contribution in [-0.2, 0) is 14.3 Å². The predicted molar refractivity (Wildman–Crippen MR) is 132 cm³/mol. The number of carbonyl (C=O) groups is 3. The maximum Gasteiger partial charge on any atom is 0.408 e. The summed E-state index contributed by atoms with van der Waals surface area (Å²) in [5, 5.41) is 5.49. The number of carbonyl (C=O) groups excluding carboxylic acids is 3.